The summed E-state index contributed by atoms with van der Waals surface area (Å²) < 4.78 is 57.7. The van der Waals surface area contributed by atoms with Gasteiger partial charge >= 0.3 is 6.18 Å². The molecule has 0 radical (unpaired) electrons. The van der Waals surface area contributed by atoms with Gasteiger partial charge in [0.2, 0.25) is 0 Å². The van der Waals surface area contributed by atoms with E-state index < -0.39 is 30.7 Å². The van der Waals surface area contributed by atoms with Gasteiger partial charge in [-0.25, -0.2) is 4.39 Å². The Bertz CT molecular complexity index is 449. The van der Waals surface area contributed by atoms with E-state index in [1.807, 2.05) is 0 Å². The standard InChI is InChI=1S/C14H16F4O3/c1-2-13(15,14(16,17)18)12(11(20)8-19)21-9-10-6-4-3-5-7-10/h2-7,11-12,19-20H,1,8-9H2/t11-,12-,13-/m1/s1. The SMILES string of the molecule is C=C[C@@](F)([C@H](OCc1ccccc1)[C@H](O)CO)C(F)(F)F. The third-order valence-corrected chi connectivity index (χ3v) is 2.95. The molecule has 1 rings (SSSR count). The molecule has 3 atom stereocenters. The van der Waals surface area contributed by atoms with Gasteiger partial charge in [0.15, 0.2) is 0 Å². The first-order chi connectivity index (χ1) is 9.76. The number of ether oxygens (including phenoxy) is 1. The van der Waals surface area contributed by atoms with Crippen LogP contribution in [-0.2, 0) is 11.3 Å². The van der Waals surface area contributed by atoms with E-state index in [2.05, 4.69) is 6.58 Å². The molecular weight excluding hydrogens is 292 g/mol. The van der Waals surface area contributed by atoms with Gasteiger partial charge in [0, 0.05) is 0 Å². The van der Waals surface area contributed by atoms with Crippen molar-refractivity contribution < 1.29 is 32.5 Å². The van der Waals surface area contributed by atoms with Crippen molar-refractivity contribution in [3.63, 3.8) is 0 Å². The maximum atomic E-state index is 14.2. The summed E-state index contributed by atoms with van der Waals surface area (Å²) in [6.45, 7) is 1.40. The van der Waals surface area contributed by atoms with Crippen LogP contribution in [0.25, 0.3) is 0 Å². The van der Waals surface area contributed by atoms with Crippen molar-refractivity contribution in [2.24, 2.45) is 0 Å². The first-order valence-electron chi connectivity index (χ1n) is 6.10. The van der Waals surface area contributed by atoms with Gasteiger partial charge < -0.3 is 14.9 Å². The zero-order valence-electron chi connectivity index (χ0n) is 11.1. The quantitative estimate of drug-likeness (QED) is 0.601. The predicted octanol–water partition coefficient (Wildman–Crippen LogP) is 2.38. The molecule has 0 spiro atoms. The van der Waals surface area contributed by atoms with Gasteiger partial charge in [0.05, 0.1) is 13.2 Å². The Hall–Kier alpha value is -1.44. The molecule has 7 heteroatoms. The molecule has 0 saturated heterocycles. The molecule has 21 heavy (non-hydrogen) atoms. The summed E-state index contributed by atoms with van der Waals surface area (Å²) in [5.41, 5.74) is -3.47. The Morgan fingerprint density at radius 3 is 2.19 bits per heavy atom. The number of aliphatic hydroxyl groups is 2. The molecular formula is C14H16F4O3. The van der Waals surface area contributed by atoms with Gasteiger partial charge in [-0.1, -0.05) is 36.9 Å². The van der Waals surface area contributed by atoms with E-state index in [-0.39, 0.29) is 12.7 Å². The Morgan fingerprint density at radius 1 is 1.19 bits per heavy atom. The molecule has 1 aromatic rings. The second kappa shape index (κ2) is 7.02. The van der Waals surface area contributed by atoms with Gasteiger partial charge in [0.25, 0.3) is 5.67 Å². The second-order valence-corrected chi connectivity index (χ2v) is 4.44. The highest BCUT2D eigenvalue weighted by Crippen LogP contribution is 2.40. The lowest BCUT2D eigenvalue weighted by Crippen LogP contribution is -2.56. The summed E-state index contributed by atoms with van der Waals surface area (Å²) >= 11 is 0. The predicted molar refractivity (Wildman–Crippen MR) is 68.2 cm³/mol. The summed E-state index contributed by atoms with van der Waals surface area (Å²) in [6.07, 6.45) is -9.66. The zero-order valence-corrected chi connectivity index (χ0v) is 11.1. The van der Waals surface area contributed by atoms with Crippen molar-refractivity contribution in [1.82, 2.24) is 0 Å². The normalized spacial score (nSPS) is 17.8. The van der Waals surface area contributed by atoms with Crippen molar-refractivity contribution in [3.8, 4) is 0 Å². The number of aliphatic hydroxyl groups excluding tert-OH is 2. The average Bonchev–Trinajstić information content (AvgIpc) is 2.46. The fourth-order valence-electron chi connectivity index (χ4n) is 1.76. The highest BCUT2D eigenvalue weighted by molar-refractivity contribution is 5.14. The van der Waals surface area contributed by atoms with E-state index in [1.54, 1.807) is 30.3 Å². The van der Waals surface area contributed by atoms with Crippen LogP contribution in [0.2, 0.25) is 0 Å². The number of hydrogen-bond donors (Lipinski definition) is 2. The van der Waals surface area contributed by atoms with Gasteiger partial charge in [0.1, 0.15) is 12.2 Å². The molecule has 0 saturated carbocycles. The number of hydrogen-bond acceptors (Lipinski definition) is 3. The van der Waals surface area contributed by atoms with E-state index in [9.17, 15) is 22.7 Å². The van der Waals surface area contributed by atoms with Crippen LogP contribution in [0.15, 0.2) is 43.0 Å². The smallest absolute Gasteiger partial charge is 0.394 e. The Kier molecular flexibility index (Phi) is 5.88. The summed E-state index contributed by atoms with van der Waals surface area (Å²) in [5.74, 6) is 0. The maximum absolute atomic E-state index is 14.2. The topological polar surface area (TPSA) is 49.7 Å². The van der Waals surface area contributed by atoms with Crippen molar-refractivity contribution >= 4 is 0 Å². The van der Waals surface area contributed by atoms with Gasteiger partial charge in [-0.05, 0) is 11.6 Å². The molecule has 0 amide bonds. The van der Waals surface area contributed by atoms with Crippen LogP contribution in [0.3, 0.4) is 0 Å². The average molecular weight is 308 g/mol. The van der Waals surface area contributed by atoms with Crippen LogP contribution >= 0.6 is 0 Å². The maximum Gasteiger partial charge on any atom is 0.428 e. The van der Waals surface area contributed by atoms with E-state index in [1.165, 1.54) is 0 Å². The first kappa shape index (κ1) is 17.6. The molecule has 3 nitrogen and oxygen atoms in total. The molecule has 2 N–H and O–H groups in total. The summed E-state index contributed by atoms with van der Waals surface area (Å²) in [7, 11) is 0. The van der Waals surface area contributed by atoms with E-state index in [0.717, 1.165) is 0 Å². The third-order valence-electron chi connectivity index (χ3n) is 2.95. The van der Waals surface area contributed by atoms with Crippen LogP contribution in [0.1, 0.15) is 5.56 Å². The molecule has 1 aromatic carbocycles. The minimum absolute atomic E-state index is 0.0293. The summed E-state index contributed by atoms with van der Waals surface area (Å²) in [6, 6.07) is 8.11. The Balaban J connectivity index is 2.97. The van der Waals surface area contributed by atoms with Crippen molar-refractivity contribution in [1.29, 1.82) is 0 Å². The lowest BCUT2D eigenvalue weighted by Gasteiger charge is -2.35. The fourth-order valence-corrected chi connectivity index (χ4v) is 1.76. The van der Waals surface area contributed by atoms with Crippen molar-refractivity contribution in [2.75, 3.05) is 6.61 Å². The van der Waals surface area contributed by atoms with Crippen LogP contribution in [-0.4, -0.2) is 40.9 Å². The van der Waals surface area contributed by atoms with Gasteiger partial charge in [-0.15, -0.1) is 0 Å². The minimum atomic E-state index is -5.33. The third kappa shape index (κ3) is 4.03. The Labute approximate surface area is 119 Å². The van der Waals surface area contributed by atoms with Crippen molar-refractivity contribution in [2.45, 2.75) is 30.7 Å². The lowest BCUT2D eigenvalue weighted by molar-refractivity contribution is -0.264. The highest BCUT2D eigenvalue weighted by Gasteiger charge is 2.61. The Morgan fingerprint density at radius 2 is 1.76 bits per heavy atom. The number of halogens is 4. The number of alkyl halides is 4. The van der Waals surface area contributed by atoms with Crippen LogP contribution in [0.4, 0.5) is 17.6 Å². The molecule has 0 unspecified atom stereocenters. The molecule has 118 valence electrons. The monoisotopic (exact) mass is 308 g/mol. The van der Waals surface area contributed by atoms with E-state index >= 15 is 0 Å². The second-order valence-electron chi connectivity index (χ2n) is 4.44. The van der Waals surface area contributed by atoms with Crippen LogP contribution < -0.4 is 0 Å². The van der Waals surface area contributed by atoms with Gasteiger partial charge in [-0.2, -0.15) is 13.2 Å². The summed E-state index contributed by atoms with van der Waals surface area (Å²) in [4.78, 5) is 0. The largest absolute Gasteiger partial charge is 0.428 e. The van der Waals surface area contributed by atoms with E-state index in [4.69, 9.17) is 9.84 Å². The highest BCUT2D eigenvalue weighted by atomic mass is 19.4. The zero-order chi connectivity index (χ0) is 16.1. The van der Waals surface area contributed by atoms with Crippen LogP contribution in [0.5, 0.6) is 0 Å². The molecule has 0 heterocycles. The lowest BCUT2D eigenvalue weighted by atomic mass is 9.93. The number of benzene rings is 1. The minimum Gasteiger partial charge on any atom is -0.394 e. The van der Waals surface area contributed by atoms with E-state index in [0.29, 0.717) is 5.56 Å². The summed E-state index contributed by atoms with van der Waals surface area (Å²) in [5, 5.41) is 18.3. The molecule has 0 fully saturated rings. The number of rotatable bonds is 7. The molecule has 0 aliphatic rings. The molecule has 0 aliphatic heterocycles. The molecule has 0 aliphatic carbocycles. The van der Waals surface area contributed by atoms with Gasteiger partial charge in [-0.3, -0.25) is 0 Å². The molecule has 0 bridgehead atoms. The molecule has 0 aromatic heterocycles. The fraction of sp³-hybridized carbons (Fsp3) is 0.429. The van der Waals surface area contributed by atoms with Crippen LogP contribution in [0, 0.1) is 0 Å². The van der Waals surface area contributed by atoms with Crippen molar-refractivity contribution in [3.05, 3.63) is 48.6 Å². The first-order valence-corrected chi connectivity index (χ1v) is 6.10.